The summed E-state index contributed by atoms with van der Waals surface area (Å²) in [5.74, 6) is 1.90. The lowest BCUT2D eigenvalue weighted by atomic mass is 9.92. The third kappa shape index (κ3) is 3.37. The summed E-state index contributed by atoms with van der Waals surface area (Å²) in [7, 11) is 0. The first kappa shape index (κ1) is 11.7. The second-order valence-electron chi connectivity index (χ2n) is 5.67. The smallest absolute Gasteiger partial charge is 0.0250 e. The van der Waals surface area contributed by atoms with Crippen LogP contribution < -0.4 is 0 Å². The van der Waals surface area contributed by atoms with Gasteiger partial charge in [0.05, 0.1) is 0 Å². The Labute approximate surface area is 100 Å². The summed E-state index contributed by atoms with van der Waals surface area (Å²) in [6, 6.07) is 9.11. The molecule has 1 aliphatic carbocycles. The summed E-state index contributed by atoms with van der Waals surface area (Å²) in [4.78, 5) is 0. The number of rotatable bonds is 2. The van der Waals surface area contributed by atoms with Crippen LogP contribution in [0.25, 0.3) is 0 Å². The van der Waals surface area contributed by atoms with Gasteiger partial charge in [-0.25, -0.2) is 0 Å². The SMILES string of the molecule is Cc1ccc(CC2CCC[C@H](C)CC2)cc1. The highest BCUT2D eigenvalue weighted by molar-refractivity contribution is 5.21. The molecule has 0 nitrogen and oxygen atoms in total. The van der Waals surface area contributed by atoms with Crippen LogP contribution in [0.3, 0.4) is 0 Å². The van der Waals surface area contributed by atoms with Gasteiger partial charge in [0, 0.05) is 0 Å². The van der Waals surface area contributed by atoms with Crippen molar-refractivity contribution in [2.45, 2.75) is 52.4 Å². The molecule has 1 saturated carbocycles. The van der Waals surface area contributed by atoms with Crippen molar-refractivity contribution in [3.05, 3.63) is 35.4 Å². The Kier molecular flexibility index (Phi) is 4.04. The van der Waals surface area contributed by atoms with Crippen molar-refractivity contribution in [2.75, 3.05) is 0 Å². The molecule has 1 fully saturated rings. The van der Waals surface area contributed by atoms with Gasteiger partial charge >= 0.3 is 0 Å². The van der Waals surface area contributed by atoms with Gasteiger partial charge in [0.15, 0.2) is 0 Å². The number of aryl methyl sites for hydroxylation is 1. The predicted molar refractivity (Wildman–Crippen MR) is 70.6 cm³/mol. The molecule has 0 amide bonds. The molecule has 2 atom stereocenters. The van der Waals surface area contributed by atoms with E-state index in [9.17, 15) is 0 Å². The van der Waals surface area contributed by atoms with E-state index in [1.54, 1.807) is 0 Å². The fourth-order valence-electron chi connectivity index (χ4n) is 2.83. The zero-order chi connectivity index (χ0) is 11.4. The zero-order valence-corrected chi connectivity index (χ0v) is 10.7. The molecular weight excluding hydrogens is 192 g/mol. The monoisotopic (exact) mass is 216 g/mol. The molecule has 2 rings (SSSR count). The second-order valence-corrected chi connectivity index (χ2v) is 5.67. The third-order valence-electron chi connectivity index (χ3n) is 4.02. The first-order valence-corrected chi connectivity index (χ1v) is 6.79. The molecule has 0 aromatic heterocycles. The van der Waals surface area contributed by atoms with E-state index in [2.05, 4.69) is 38.1 Å². The fourth-order valence-corrected chi connectivity index (χ4v) is 2.83. The Hall–Kier alpha value is -0.780. The first-order valence-electron chi connectivity index (χ1n) is 6.79. The molecule has 0 aliphatic heterocycles. The minimum absolute atomic E-state index is 0.938. The Bertz CT molecular complexity index is 309. The van der Waals surface area contributed by atoms with Crippen LogP contribution in [0.2, 0.25) is 0 Å². The van der Waals surface area contributed by atoms with Gasteiger partial charge in [-0.15, -0.1) is 0 Å². The van der Waals surface area contributed by atoms with Crippen LogP contribution in [0.4, 0.5) is 0 Å². The van der Waals surface area contributed by atoms with Crippen LogP contribution >= 0.6 is 0 Å². The molecule has 0 heterocycles. The molecule has 1 unspecified atom stereocenters. The van der Waals surface area contributed by atoms with Crippen molar-refractivity contribution in [2.24, 2.45) is 11.8 Å². The quantitative estimate of drug-likeness (QED) is 0.626. The van der Waals surface area contributed by atoms with Gasteiger partial charge < -0.3 is 0 Å². The normalized spacial score (nSPS) is 26.4. The van der Waals surface area contributed by atoms with E-state index in [1.165, 1.54) is 49.7 Å². The van der Waals surface area contributed by atoms with E-state index in [4.69, 9.17) is 0 Å². The Morgan fingerprint density at radius 2 is 1.75 bits per heavy atom. The highest BCUT2D eigenvalue weighted by Crippen LogP contribution is 2.29. The highest BCUT2D eigenvalue weighted by Gasteiger charge is 2.16. The van der Waals surface area contributed by atoms with Gasteiger partial charge in [0.25, 0.3) is 0 Å². The molecule has 88 valence electrons. The number of hydrogen-bond donors (Lipinski definition) is 0. The lowest BCUT2D eigenvalue weighted by molar-refractivity contribution is 0.443. The molecule has 0 radical (unpaired) electrons. The maximum atomic E-state index is 2.41. The maximum absolute atomic E-state index is 2.41. The van der Waals surface area contributed by atoms with Crippen molar-refractivity contribution >= 4 is 0 Å². The first-order chi connectivity index (χ1) is 7.74. The van der Waals surface area contributed by atoms with Gasteiger partial charge in [-0.05, 0) is 37.2 Å². The van der Waals surface area contributed by atoms with Crippen LogP contribution in [0.1, 0.15) is 50.2 Å². The lowest BCUT2D eigenvalue weighted by Gasteiger charge is -2.14. The summed E-state index contributed by atoms with van der Waals surface area (Å²) >= 11 is 0. The molecule has 0 N–H and O–H groups in total. The zero-order valence-electron chi connectivity index (χ0n) is 10.7. The lowest BCUT2D eigenvalue weighted by Crippen LogP contribution is -2.03. The Balaban J connectivity index is 1.91. The number of hydrogen-bond acceptors (Lipinski definition) is 0. The standard InChI is InChI=1S/C16H24/c1-13-4-3-5-15(9-6-13)12-16-10-7-14(2)8-11-16/h7-8,10-11,13,15H,3-6,9,12H2,1-2H3/t13-,15?/m0/s1. The van der Waals surface area contributed by atoms with Gasteiger partial charge in [0.2, 0.25) is 0 Å². The van der Waals surface area contributed by atoms with Crippen molar-refractivity contribution in [3.63, 3.8) is 0 Å². The summed E-state index contributed by atoms with van der Waals surface area (Å²) in [5, 5.41) is 0. The van der Waals surface area contributed by atoms with E-state index < -0.39 is 0 Å². The van der Waals surface area contributed by atoms with Crippen LogP contribution in [0.15, 0.2) is 24.3 Å². The van der Waals surface area contributed by atoms with Crippen LogP contribution in [-0.4, -0.2) is 0 Å². The minimum atomic E-state index is 0.938. The molecule has 0 bridgehead atoms. The molecule has 0 heteroatoms. The molecule has 1 aliphatic rings. The largest absolute Gasteiger partial charge is 0.0625 e. The van der Waals surface area contributed by atoms with Gasteiger partial charge in [-0.3, -0.25) is 0 Å². The van der Waals surface area contributed by atoms with Crippen molar-refractivity contribution in [3.8, 4) is 0 Å². The average molecular weight is 216 g/mol. The van der Waals surface area contributed by atoms with E-state index in [-0.39, 0.29) is 0 Å². The van der Waals surface area contributed by atoms with E-state index >= 15 is 0 Å². The van der Waals surface area contributed by atoms with Crippen molar-refractivity contribution in [1.82, 2.24) is 0 Å². The van der Waals surface area contributed by atoms with E-state index in [1.807, 2.05) is 0 Å². The maximum Gasteiger partial charge on any atom is -0.0250 e. The Morgan fingerprint density at radius 3 is 2.50 bits per heavy atom. The molecule has 0 saturated heterocycles. The van der Waals surface area contributed by atoms with Crippen LogP contribution in [0.5, 0.6) is 0 Å². The second kappa shape index (κ2) is 5.52. The fraction of sp³-hybridized carbons (Fsp3) is 0.625. The van der Waals surface area contributed by atoms with Gasteiger partial charge in [-0.1, -0.05) is 62.4 Å². The van der Waals surface area contributed by atoms with Gasteiger partial charge in [0.1, 0.15) is 0 Å². The summed E-state index contributed by atoms with van der Waals surface area (Å²) in [6.45, 7) is 4.57. The average Bonchev–Trinajstić information content (AvgIpc) is 2.47. The van der Waals surface area contributed by atoms with E-state index in [0.29, 0.717) is 0 Å². The van der Waals surface area contributed by atoms with Gasteiger partial charge in [-0.2, -0.15) is 0 Å². The predicted octanol–water partition coefficient (Wildman–Crippen LogP) is 4.75. The van der Waals surface area contributed by atoms with Crippen LogP contribution in [-0.2, 0) is 6.42 Å². The summed E-state index contributed by atoms with van der Waals surface area (Å²) in [5.41, 5.74) is 2.91. The Morgan fingerprint density at radius 1 is 1.00 bits per heavy atom. The third-order valence-corrected chi connectivity index (χ3v) is 4.02. The molecule has 1 aromatic rings. The van der Waals surface area contributed by atoms with E-state index in [0.717, 1.165) is 11.8 Å². The molecule has 16 heavy (non-hydrogen) atoms. The van der Waals surface area contributed by atoms with Crippen molar-refractivity contribution < 1.29 is 0 Å². The minimum Gasteiger partial charge on any atom is -0.0625 e. The van der Waals surface area contributed by atoms with Crippen molar-refractivity contribution in [1.29, 1.82) is 0 Å². The summed E-state index contributed by atoms with van der Waals surface area (Å²) in [6.07, 6.45) is 8.51. The number of benzene rings is 1. The summed E-state index contributed by atoms with van der Waals surface area (Å²) < 4.78 is 0. The molecule has 0 spiro atoms. The molecule has 1 aromatic carbocycles. The van der Waals surface area contributed by atoms with Crippen LogP contribution in [0, 0.1) is 18.8 Å². The topological polar surface area (TPSA) is 0 Å². The highest BCUT2D eigenvalue weighted by atomic mass is 14.2. The molecular formula is C16H24.